The number of hydrogen-bond donors (Lipinski definition) is 3. The minimum atomic E-state index is -0.791. The maximum atomic E-state index is 13.1. The van der Waals surface area contributed by atoms with Crippen LogP contribution in [-0.2, 0) is 14.3 Å². The summed E-state index contributed by atoms with van der Waals surface area (Å²) < 4.78 is 5.87. The van der Waals surface area contributed by atoms with Crippen LogP contribution in [0.4, 0.5) is 0 Å². The third-order valence-corrected chi connectivity index (χ3v) is 10.0. The highest BCUT2D eigenvalue weighted by atomic mass is 16.5. The molecule has 0 aromatic carbocycles. The molecule has 1 amide bonds. The Labute approximate surface area is 327 Å². The predicted molar refractivity (Wildman–Crippen MR) is 227 cm³/mol. The molecule has 0 aliphatic rings. The van der Waals surface area contributed by atoms with Crippen LogP contribution in [0.3, 0.4) is 0 Å². The van der Waals surface area contributed by atoms with E-state index in [1.165, 1.54) is 96.3 Å². The standard InChI is InChI=1S/C47H85NO5/c1-4-7-10-13-16-19-22-23-25-28-31-34-37-40-47(52)53-43(38-35-32-29-26-21-18-15-12-9-6-3)41-46(51)48-44(42-49)45(50)39-36-33-30-27-24-20-17-14-11-8-5-2/h7,10,13,16,19,22-23,25,43-45,49-50H,4-6,8-9,11-12,14-15,17-18,20-21,24,26-42H2,1-3H3,(H,48,51)/b10-7+,16-13+,22-19-,25-23-. The van der Waals surface area contributed by atoms with Gasteiger partial charge in [0.05, 0.1) is 25.2 Å². The zero-order valence-electron chi connectivity index (χ0n) is 34.9. The number of aliphatic hydroxyl groups is 2. The molecule has 0 spiro atoms. The van der Waals surface area contributed by atoms with Crippen molar-refractivity contribution in [2.45, 2.75) is 232 Å². The van der Waals surface area contributed by atoms with Crippen LogP contribution in [-0.4, -0.2) is 46.9 Å². The van der Waals surface area contributed by atoms with Gasteiger partial charge in [-0.15, -0.1) is 0 Å². The van der Waals surface area contributed by atoms with Gasteiger partial charge in [-0.25, -0.2) is 0 Å². The van der Waals surface area contributed by atoms with Gasteiger partial charge >= 0.3 is 5.97 Å². The minimum absolute atomic E-state index is 0.0627. The molecule has 0 saturated carbocycles. The number of aliphatic hydroxyl groups excluding tert-OH is 2. The largest absolute Gasteiger partial charge is 0.462 e. The summed E-state index contributed by atoms with van der Waals surface area (Å²) in [6.45, 7) is 6.30. The molecule has 0 aromatic heterocycles. The van der Waals surface area contributed by atoms with Crippen molar-refractivity contribution in [1.82, 2.24) is 5.32 Å². The van der Waals surface area contributed by atoms with Crippen LogP contribution in [0.2, 0.25) is 0 Å². The van der Waals surface area contributed by atoms with Crippen LogP contribution < -0.4 is 5.32 Å². The third kappa shape index (κ3) is 36.6. The van der Waals surface area contributed by atoms with Crippen LogP contribution in [0.5, 0.6) is 0 Å². The summed E-state index contributed by atoms with van der Waals surface area (Å²) in [5.74, 6) is -0.520. The molecule has 308 valence electrons. The first-order valence-electron chi connectivity index (χ1n) is 22.4. The van der Waals surface area contributed by atoms with Crippen LogP contribution in [0.15, 0.2) is 48.6 Å². The second-order valence-electron chi connectivity index (χ2n) is 15.2. The van der Waals surface area contributed by atoms with E-state index in [4.69, 9.17) is 4.74 Å². The average molecular weight is 744 g/mol. The lowest BCUT2D eigenvalue weighted by molar-refractivity contribution is -0.151. The Morgan fingerprint density at radius 3 is 1.53 bits per heavy atom. The van der Waals surface area contributed by atoms with Gasteiger partial charge in [-0.1, -0.05) is 204 Å². The van der Waals surface area contributed by atoms with Gasteiger partial charge in [-0.05, 0) is 44.9 Å². The van der Waals surface area contributed by atoms with Crippen LogP contribution in [0, 0.1) is 0 Å². The first-order chi connectivity index (χ1) is 26.0. The Kier molecular flexibility index (Phi) is 39.3. The molecule has 0 aliphatic carbocycles. The number of carbonyl (C=O) groups excluding carboxylic acids is 2. The molecule has 3 N–H and O–H groups in total. The van der Waals surface area contributed by atoms with Crippen molar-refractivity contribution in [2.75, 3.05) is 6.61 Å². The molecule has 0 radical (unpaired) electrons. The molecule has 0 aliphatic heterocycles. The Bertz CT molecular complexity index is 926. The highest BCUT2D eigenvalue weighted by Gasteiger charge is 2.24. The number of amides is 1. The second-order valence-corrected chi connectivity index (χ2v) is 15.2. The summed E-state index contributed by atoms with van der Waals surface area (Å²) in [7, 11) is 0. The number of nitrogens with one attached hydrogen (secondary N) is 1. The zero-order valence-corrected chi connectivity index (χ0v) is 34.9. The van der Waals surface area contributed by atoms with Crippen LogP contribution in [0.1, 0.15) is 213 Å². The van der Waals surface area contributed by atoms with E-state index in [0.717, 1.165) is 70.6 Å². The molecule has 0 saturated heterocycles. The Morgan fingerprint density at radius 2 is 1.02 bits per heavy atom. The third-order valence-electron chi connectivity index (χ3n) is 10.0. The SMILES string of the molecule is CC/C=C/C=C/C=C\C=C/CCCCCC(=O)OC(CCCCCCCCCCCC)CC(=O)NC(CO)C(O)CCCCCCCCCCCCC. The molecule has 0 fully saturated rings. The predicted octanol–water partition coefficient (Wildman–Crippen LogP) is 12.7. The van der Waals surface area contributed by atoms with Gasteiger partial charge in [-0.3, -0.25) is 9.59 Å². The number of carbonyl (C=O) groups is 2. The first kappa shape index (κ1) is 50.8. The molecular formula is C47H85NO5. The van der Waals surface area contributed by atoms with Crippen molar-refractivity contribution < 1.29 is 24.5 Å². The fraction of sp³-hybridized carbons (Fsp3) is 0.787. The van der Waals surface area contributed by atoms with E-state index in [0.29, 0.717) is 19.3 Å². The summed E-state index contributed by atoms with van der Waals surface area (Å²) in [5.41, 5.74) is 0. The lowest BCUT2D eigenvalue weighted by Crippen LogP contribution is -2.46. The average Bonchev–Trinajstić information content (AvgIpc) is 3.15. The first-order valence-corrected chi connectivity index (χ1v) is 22.4. The molecule has 6 nitrogen and oxygen atoms in total. The van der Waals surface area contributed by atoms with Gasteiger partial charge in [0.1, 0.15) is 6.10 Å². The summed E-state index contributed by atoms with van der Waals surface area (Å²) in [6.07, 6.45) is 47.4. The maximum Gasteiger partial charge on any atom is 0.306 e. The molecule has 0 bridgehead atoms. The maximum absolute atomic E-state index is 13.1. The van der Waals surface area contributed by atoms with E-state index in [1.54, 1.807) is 0 Å². The van der Waals surface area contributed by atoms with E-state index >= 15 is 0 Å². The lowest BCUT2D eigenvalue weighted by Gasteiger charge is -2.24. The van der Waals surface area contributed by atoms with E-state index in [2.05, 4.69) is 44.3 Å². The van der Waals surface area contributed by atoms with Gasteiger partial charge in [0.25, 0.3) is 0 Å². The van der Waals surface area contributed by atoms with Crippen molar-refractivity contribution in [3.8, 4) is 0 Å². The Balaban J connectivity index is 4.63. The Hall–Kier alpha value is -2.18. The normalized spacial score (nSPS) is 13.8. The summed E-state index contributed by atoms with van der Waals surface area (Å²) in [5, 5.41) is 23.6. The molecule has 3 unspecified atom stereocenters. The van der Waals surface area contributed by atoms with E-state index < -0.39 is 18.2 Å². The lowest BCUT2D eigenvalue weighted by atomic mass is 10.0. The molecule has 3 atom stereocenters. The molecular weight excluding hydrogens is 659 g/mol. The summed E-state index contributed by atoms with van der Waals surface area (Å²) in [4.78, 5) is 25.9. The second kappa shape index (κ2) is 41.0. The number of ether oxygens (including phenoxy) is 1. The van der Waals surface area contributed by atoms with Gasteiger partial charge in [0, 0.05) is 6.42 Å². The topological polar surface area (TPSA) is 95.9 Å². The number of hydrogen-bond acceptors (Lipinski definition) is 5. The van der Waals surface area contributed by atoms with Crippen molar-refractivity contribution in [3.63, 3.8) is 0 Å². The molecule has 53 heavy (non-hydrogen) atoms. The van der Waals surface area contributed by atoms with Crippen molar-refractivity contribution in [2.24, 2.45) is 0 Å². The van der Waals surface area contributed by atoms with E-state index in [9.17, 15) is 19.8 Å². The molecule has 0 heterocycles. The van der Waals surface area contributed by atoms with Crippen molar-refractivity contribution in [1.29, 1.82) is 0 Å². The van der Waals surface area contributed by atoms with Crippen LogP contribution in [0.25, 0.3) is 0 Å². The highest BCUT2D eigenvalue weighted by Crippen LogP contribution is 2.17. The van der Waals surface area contributed by atoms with E-state index in [-0.39, 0.29) is 24.9 Å². The van der Waals surface area contributed by atoms with Gasteiger partial charge in [0.15, 0.2) is 0 Å². The Morgan fingerprint density at radius 1 is 0.566 bits per heavy atom. The van der Waals surface area contributed by atoms with Gasteiger partial charge in [0.2, 0.25) is 5.91 Å². The fourth-order valence-corrected chi connectivity index (χ4v) is 6.62. The number of unbranched alkanes of at least 4 members (excludes halogenated alkanes) is 22. The van der Waals surface area contributed by atoms with Gasteiger partial charge in [-0.2, -0.15) is 0 Å². The van der Waals surface area contributed by atoms with Gasteiger partial charge < -0.3 is 20.3 Å². The number of esters is 1. The highest BCUT2D eigenvalue weighted by molar-refractivity contribution is 5.77. The fourth-order valence-electron chi connectivity index (χ4n) is 6.62. The van der Waals surface area contributed by atoms with Crippen molar-refractivity contribution in [3.05, 3.63) is 48.6 Å². The minimum Gasteiger partial charge on any atom is -0.462 e. The molecule has 0 aromatic rings. The number of rotatable bonds is 39. The van der Waals surface area contributed by atoms with E-state index in [1.807, 2.05) is 30.4 Å². The molecule has 6 heteroatoms. The smallest absolute Gasteiger partial charge is 0.306 e. The summed E-state index contributed by atoms with van der Waals surface area (Å²) >= 11 is 0. The molecule has 0 rings (SSSR count). The van der Waals surface area contributed by atoms with Crippen molar-refractivity contribution >= 4 is 11.9 Å². The summed E-state index contributed by atoms with van der Waals surface area (Å²) in [6, 6.07) is -0.705. The quantitative estimate of drug-likeness (QED) is 0.0331. The zero-order chi connectivity index (χ0) is 38.9. The van der Waals surface area contributed by atoms with Crippen LogP contribution >= 0.6 is 0 Å². The number of allylic oxidation sites excluding steroid dienone is 8. The monoisotopic (exact) mass is 744 g/mol.